The minimum absolute atomic E-state index is 0.142. The van der Waals surface area contributed by atoms with Crippen molar-refractivity contribution in [1.29, 1.82) is 0 Å². The summed E-state index contributed by atoms with van der Waals surface area (Å²) in [4.78, 5) is 12.4. The minimum atomic E-state index is -0.559. The van der Waals surface area contributed by atoms with Crippen molar-refractivity contribution in [3.8, 4) is 0 Å². The van der Waals surface area contributed by atoms with E-state index in [1.54, 1.807) is 0 Å². The second-order valence-corrected chi connectivity index (χ2v) is 6.96. The number of ether oxygens (including phenoxy) is 3. The Morgan fingerprint density at radius 2 is 1.52 bits per heavy atom. The van der Waals surface area contributed by atoms with Gasteiger partial charge >= 0.3 is 5.97 Å². The van der Waals surface area contributed by atoms with Crippen molar-refractivity contribution >= 4 is 5.97 Å². The Balaban J connectivity index is 1.65. The van der Waals surface area contributed by atoms with E-state index in [0.717, 1.165) is 37.5 Å². The summed E-state index contributed by atoms with van der Waals surface area (Å²) >= 11 is 0. The van der Waals surface area contributed by atoms with Gasteiger partial charge in [0.25, 0.3) is 0 Å². The fourth-order valence-corrected chi connectivity index (χ4v) is 4.65. The Bertz CT molecular complexity index is 348. The number of methoxy groups -OCH3 is 1. The maximum Gasteiger partial charge on any atom is 0.316 e. The molecule has 4 heteroatoms. The average Bonchev–Trinajstić information content (AvgIpc) is 3.10. The van der Waals surface area contributed by atoms with E-state index >= 15 is 0 Å². The molecule has 0 unspecified atom stereocenters. The Hall–Kier alpha value is -0.610. The molecule has 21 heavy (non-hydrogen) atoms. The van der Waals surface area contributed by atoms with Gasteiger partial charge in [0.15, 0.2) is 6.29 Å². The summed E-state index contributed by atoms with van der Waals surface area (Å²) < 4.78 is 16.4. The maximum atomic E-state index is 12.4. The van der Waals surface area contributed by atoms with Crippen molar-refractivity contribution in [2.45, 2.75) is 64.1 Å². The van der Waals surface area contributed by atoms with E-state index in [1.165, 1.54) is 39.2 Å². The van der Waals surface area contributed by atoms with Crippen LogP contribution in [0, 0.1) is 17.3 Å². The predicted molar refractivity (Wildman–Crippen MR) is 78.7 cm³/mol. The Morgan fingerprint density at radius 3 is 2.10 bits per heavy atom. The first-order valence-electron chi connectivity index (χ1n) is 8.58. The van der Waals surface area contributed by atoms with Crippen LogP contribution in [0.1, 0.15) is 57.8 Å². The third-order valence-corrected chi connectivity index (χ3v) is 5.90. The SMILES string of the molecule is COC(=O)C1(C2OCCO2)CCC(C2CCCCC2)CC1. The molecule has 0 aromatic carbocycles. The van der Waals surface area contributed by atoms with Gasteiger partial charge in [-0.15, -0.1) is 0 Å². The van der Waals surface area contributed by atoms with Crippen LogP contribution in [0.15, 0.2) is 0 Å². The van der Waals surface area contributed by atoms with Crippen LogP contribution >= 0.6 is 0 Å². The molecular weight excluding hydrogens is 268 g/mol. The molecule has 3 fully saturated rings. The number of carbonyl (C=O) groups is 1. The predicted octanol–water partition coefficient (Wildman–Crippen LogP) is 3.29. The molecule has 0 aromatic rings. The highest BCUT2D eigenvalue weighted by Gasteiger charge is 2.52. The lowest BCUT2D eigenvalue weighted by Crippen LogP contribution is -2.47. The van der Waals surface area contributed by atoms with Gasteiger partial charge in [-0.25, -0.2) is 0 Å². The summed E-state index contributed by atoms with van der Waals surface area (Å²) in [5.74, 6) is 1.51. The topological polar surface area (TPSA) is 44.8 Å². The summed E-state index contributed by atoms with van der Waals surface area (Å²) in [6, 6.07) is 0. The molecule has 0 aromatic heterocycles. The summed E-state index contributed by atoms with van der Waals surface area (Å²) in [6.45, 7) is 1.19. The van der Waals surface area contributed by atoms with Crippen LogP contribution in [0.25, 0.3) is 0 Å². The van der Waals surface area contributed by atoms with Crippen LogP contribution < -0.4 is 0 Å². The second kappa shape index (κ2) is 6.66. The lowest BCUT2D eigenvalue weighted by molar-refractivity contribution is -0.192. The first kappa shape index (κ1) is 15.3. The van der Waals surface area contributed by atoms with Gasteiger partial charge in [-0.2, -0.15) is 0 Å². The lowest BCUT2D eigenvalue weighted by atomic mass is 9.65. The monoisotopic (exact) mass is 296 g/mol. The Kier molecular flexibility index (Phi) is 4.85. The summed E-state index contributed by atoms with van der Waals surface area (Å²) in [5.41, 5.74) is -0.559. The molecule has 0 spiro atoms. The highest BCUT2D eigenvalue weighted by Crippen LogP contribution is 2.48. The van der Waals surface area contributed by atoms with E-state index in [-0.39, 0.29) is 5.97 Å². The zero-order chi connectivity index (χ0) is 14.7. The summed E-state index contributed by atoms with van der Waals surface area (Å²) in [5, 5.41) is 0. The molecule has 0 N–H and O–H groups in total. The van der Waals surface area contributed by atoms with Crippen LogP contribution in [0.2, 0.25) is 0 Å². The van der Waals surface area contributed by atoms with E-state index in [4.69, 9.17) is 14.2 Å². The molecule has 0 radical (unpaired) electrons. The van der Waals surface area contributed by atoms with Gasteiger partial charge in [-0.1, -0.05) is 32.1 Å². The van der Waals surface area contributed by atoms with Crippen LogP contribution in [0.5, 0.6) is 0 Å². The molecule has 2 aliphatic carbocycles. The van der Waals surface area contributed by atoms with Crippen LogP contribution in [-0.2, 0) is 19.0 Å². The quantitative estimate of drug-likeness (QED) is 0.750. The van der Waals surface area contributed by atoms with E-state index in [1.807, 2.05) is 0 Å². The summed E-state index contributed by atoms with van der Waals surface area (Å²) in [6.07, 6.45) is 10.5. The maximum absolute atomic E-state index is 12.4. The van der Waals surface area contributed by atoms with Crippen LogP contribution in [-0.4, -0.2) is 32.6 Å². The molecule has 1 heterocycles. The van der Waals surface area contributed by atoms with Crippen molar-refractivity contribution in [3.63, 3.8) is 0 Å². The van der Waals surface area contributed by atoms with Gasteiger partial charge in [0.2, 0.25) is 0 Å². The van der Waals surface area contributed by atoms with E-state index in [9.17, 15) is 4.79 Å². The largest absolute Gasteiger partial charge is 0.468 e. The minimum Gasteiger partial charge on any atom is -0.468 e. The van der Waals surface area contributed by atoms with Gasteiger partial charge in [-0.3, -0.25) is 4.79 Å². The van der Waals surface area contributed by atoms with Crippen molar-refractivity contribution in [3.05, 3.63) is 0 Å². The molecule has 0 bridgehead atoms. The van der Waals surface area contributed by atoms with Crippen molar-refractivity contribution in [2.75, 3.05) is 20.3 Å². The fourth-order valence-electron chi connectivity index (χ4n) is 4.65. The highest BCUT2D eigenvalue weighted by atomic mass is 16.7. The third kappa shape index (κ3) is 2.98. The molecular formula is C17H28O4. The molecule has 1 saturated heterocycles. The molecule has 4 nitrogen and oxygen atoms in total. The molecule has 1 aliphatic heterocycles. The first-order valence-corrected chi connectivity index (χ1v) is 8.58. The van der Waals surface area contributed by atoms with Crippen molar-refractivity contribution in [1.82, 2.24) is 0 Å². The number of hydrogen-bond acceptors (Lipinski definition) is 4. The molecule has 2 saturated carbocycles. The Labute approximate surface area is 127 Å². The lowest BCUT2D eigenvalue weighted by Gasteiger charge is -2.43. The van der Waals surface area contributed by atoms with Crippen molar-refractivity contribution < 1.29 is 19.0 Å². The van der Waals surface area contributed by atoms with Gasteiger partial charge in [0, 0.05) is 0 Å². The van der Waals surface area contributed by atoms with Gasteiger partial charge < -0.3 is 14.2 Å². The number of rotatable bonds is 3. The van der Waals surface area contributed by atoms with Crippen LogP contribution in [0.3, 0.4) is 0 Å². The Morgan fingerprint density at radius 1 is 0.952 bits per heavy atom. The molecule has 3 rings (SSSR count). The van der Waals surface area contributed by atoms with Crippen molar-refractivity contribution in [2.24, 2.45) is 17.3 Å². The number of carbonyl (C=O) groups excluding carboxylic acids is 1. The third-order valence-electron chi connectivity index (χ3n) is 5.90. The normalized spacial score (nSPS) is 35.8. The molecule has 0 atom stereocenters. The zero-order valence-electron chi connectivity index (χ0n) is 13.1. The first-order chi connectivity index (χ1) is 10.3. The van der Waals surface area contributed by atoms with E-state index < -0.39 is 11.7 Å². The fraction of sp³-hybridized carbons (Fsp3) is 0.941. The van der Waals surface area contributed by atoms with Gasteiger partial charge in [0.05, 0.1) is 20.3 Å². The standard InChI is InChI=1S/C17H28O4/c1-19-15(18)17(16-20-11-12-21-16)9-7-14(8-10-17)13-5-3-2-4-6-13/h13-14,16H,2-12H2,1H3. The molecule has 120 valence electrons. The smallest absolute Gasteiger partial charge is 0.316 e. The number of esters is 1. The molecule has 0 amide bonds. The van der Waals surface area contributed by atoms with E-state index in [0.29, 0.717) is 13.2 Å². The average molecular weight is 296 g/mol. The second-order valence-electron chi connectivity index (χ2n) is 6.96. The number of hydrogen-bond donors (Lipinski definition) is 0. The van der Waals surface area contributed by atoms with Gasteiger partial charge in [0.1, 0.15) is 5.41 Å². The summed E-state index contributed by atoms with van der Waals surface area (Å²) in [7, 11) is 1.48. The van der Waals surface area contributed by atoms with Crippen LogP contribution in [0.4, 0.5) is 0 Å². The van der Waals surface area contributed by atoms with Gasteiger partial charge in [-0.05, 0) is 37.5 Å². The molecule has 3 aliphatic rings. The zero-order valence-corrected chi connectivity index (χ0v) is 13.1. The highest BCUT2D eigenvalue weighted by molar-refractivity contribution is 5.77. The van der Waals surface area contributed by atoms with E-state index in [2.05, 4.69) is 0 Å².